The average Bonchev–Trinajstić information content (AvgIpc) is 3.03. The van der Waals surface area contributed by atoms with Gasteiger partial charge in [-0.2, -0.15) is 5.26 Å². The van der Waals surface area contributed by atoms with E-state index < -0.39 is 0 Å². The first-order chi connectivity index (χ1) is 9.26. The van der Waals surface area contributed by atoms with Crippen LogP contribution >= 0.6 is 0 Å². The summed E-state index contributed by atoms with van der Waals surface area (Å²) in [6, 6.07) is 12.0. The van der Waals surface area contributed by atoms with Crippen LogP contribution < -0.4 is 0 Å². The monoisotopic (exact) mass is 248 g/mol. The first kappa shape index (κ1) is 11.3. The van der Waals surface area contributed by atoms with Crippen molar-refractivity contribution in [2.45, 2.75) is 6.92 Å². The van der Waals surface area contributed by atoms with Gasteiger partial charge in [0.1, 0.15) is 11.9 Å². The summed E-state index contributed by atoms with van der Waals surface area (Å²) in [6.45, 7) is 2.03. The number of hydrogen-bond donors (Lipinski definition) is 2. The molecule has 0 unspecified atom stereocenters. The minimum atomic E-state index is 0.510. The van der Waals surface area contributed by atoms with Crippen LogP contribution in [0.5, 0.6) is 0 Å². The molecule has 0 amide bonds. The highest BCUT2D eigenvalue weighted by Crippen LogP contribution is 2.19. The lowest BCUT2D eigenvalue weighted by atomic mass is 10.2. The molecule has 2 aromatic heterocycles. The molecule has 4 heteroatoms. The van der Waals surface area contributed by atoms with Crippen molar-refractivity contribution in [2.75, 3.05) is 0 Å². The zero-order chi connectivity index (χ0) is 13.2. The molecule has 0 fully saturated rings. The number of imidazole rings is 1. The molecule has 3 aromatic rings. The molecule has 0 aliphatic heterocycles. The maximum atomic E-state index is 9.27. The van der Waals surface area contributed by atoms with Gasteiger partial charge in [0.05, 0.1) is 16.6 Å². The lowest BCUT2D eigenvalue weighted by molar-refractivity contribution is 1.27. The van der Waals surface area contributed by atoms with Gasteiger partial charge in [-0.15, -0.1) is 0 Å². The van der Waals surface area contributed by atoms with Crippen LogP contribution in [0.25, 0.3) is 22.7 Å². The molecule has 0 saturated carbocycles. The Balaban J connectivity index is 2.10. The summed E-state index contributed by atoms with van der Waals surface area (Å²) in [5.74, 6) is 0.595. The predicted molar refractivity (Wildman–Crippen MR) is 75.1 cm³/mol. The number of hydrogen-bond acceptors (Lipinski definition) is 2. The first-order valence-corrected chi connectivity index (χ1v) is 5.98. The molecule has 0 aliphatic rings. The minimum absolute atomic E-state index is 0.510. The van der Waals surface area contributed by atoms with E-state index in [1.807, 2.05) is 43.5 Å². The van der Waals surface area contributed by atoms with Gasteiger partial charge in [-0.25, -0.2) is 4.98 Å². The van der Waals surface area contributed by atoms with Crippen LogP contribution in [-0.2, 0) is 0 Å². The SMILES string of the molecule is Cc1ccc2nc(/C(C#N)=C\c3ccc[nH]3)[nH]c2c1. The highest BCUT2D eigenvalue weighted by molar-refractivity contribution is 5.89. The van der Waals surface area contributed by atoms with Gasteiger partial charge in [-0.05, 0) is 42.8 Å². The minimum Gasteiger partial charge on any atom is -0.362 e. The van der Waals surface area contributed by atoms with Crippen molar-refractivity contribution in [3.05, 3.63) is 53.6 Å². The van der Waals surface area contributed by atoms with Gasteiger partial charge in [0, 0.05) is 11.9 Å². The number of rotatable bonds is 2. The molecule has 0 radical (unpaired) electrons. The lowest BCUT2D eigenvalue weighted by Gasteiger charge is -1.92. The van der Waals surface area contributed by atoms with Crippen LogP contribution in [0.2, 0.25) is 0 Å². The number of nitrogens with zero attached hydrogens (tertiary/aromatic N) is 2. The predicted octanol–water partition coefficient (Wildman–Crippen LogP) is 3.26. The molecule has 2 heterocycles. The fourth-order valence-corrected chi connectivity index (χ4v) is 1.99. The standard InChI is InChI=1S/C15H12N4/c1-10-4-5-13-14(7-10)19-15(18-13)11(9-16)8-12-3-2-6-17-12/h2-8,17H,1H3,(H,18,19)/b11-8-. The summed E-state index contributed by atoms with van der Waals surface area (Å²) in [4.78, 5) is 10.7. The van der Waals surface area contributed by atoms with Crippen molar-refractivity contribution in [1.29, 1.82) is 5.26 Å². The van der Waals surface area contributed by atoms with E-state index in [0.717, 1.165) is 22.3 Å². The largest absolute Gasteiger partial charge is 0.362 e. The Morgan fingerprint density at radius 2 is 2.26 bits per heavy atom. The molecule has 0 spiro atoms. The molecule has 4 nitrogen and oxygen atoms in total. The van der Waals surface area contributed by atoms with Crippen LogP contribution in [-0.4, -0.2) is 15.0 Å². The number of nitriles is 1. The maximum Gasteiger partial charge on any atom is 0.149 e. The van der Waals surface area contributed by atoms with E-state index in [-0.39, 0.29) is 0 Å². The highest BCUT2D eigenvalue weighted by Gasteiger charge is 2.08. The third-order valence-electron chi connectivity index (χ3n) is 2.93. The van der Waals surface area contributed by atoms with E-state index in [2.05, 4.69) is 21.0 Å². The summed E-state index contributed by atoms with van der Waals surface area (Å²) in [5.41, 5.74) is 4.37. The highest BCUT2D eigenvalue weighted by atomic mass is 14.9. The number of fused-ring (bicyclic) bond motifs is 1. The zero-order valence-electron chi connectivity index (χ0n) is 10.4. The van der Waals surface area contributed by atoms with Crippen LogP contribution in [0.15, 0.2) is 36.5 Å². The fraction of sp³-hybridized carbons (Fsp3) is 0.0667. The van der Waals surface area contributed by atoms with Crippen LogP contribution in [0.3, 0.4) is 0 Å². The van der Waals surface area contributed by atoms with Gasteiger partial charge in [0.25, 0.3) is 0 Å². The Labute approximate surface area is 110 Å². The van der Waals surface area contributed by atoms with Crippen LogP contribution in [0, 0.1) is 18.3 Å². The molecule has 0 atom stereocenters. The van der Waals surface area contributed by atoms with Crippen molar-refractivity contribution >= 4 is 22.7 Å². The van der Waals surface area contributed by atoms with Gasteiger partial charge < -0.3 is 9.97 Å². The molecule has 0 aliphatic carbocycles. The number of aromatic nitrogens is 3. The van der Waals surface area contributed by atoms with E-state index >= 15 is 0 Å². The molecule has 1 aromatic carbocycles. The first-order valence-electron chi connectivity index (χ1n) is 5.98. The van der Waals surface area contributed by atoms with Gasteiger partial charge >= 0.3 is 0 Å². The molecule has 3 rings (SSSR count). The fourth-order valence-electron chi connectivity index (χ4n) is 1.99. The van der Waals surface area contributed by atoms with Gasteiger partial charge in [-0.3, -0.25) is 0 Å². The van der Waals surface area contributed by atoms with Gasteiger partial charge in [0.2, 0.25) is 0 Å². The number of nitrogens with one attached hydrogen (secondary N) is 2. The number of aromatic amines is 2. The van der Waals surface area contributed by atoms with E-state index in [9.17, 15) is 5.26 Å². The topological polar surface area (TPSA) is 68.3 Å². The van der Waals surface area contributed by atoms with E-state index in [4.69, 9.17) is 0 Å². The molecular formula is C15H12N4. The Bertz CT molecular complexity index is 785. The number of benzene rings is 1. The van der Waals surface area contributed by atoms with Crippen molar-refractivity contribution in [2.24, 2.45) is 0 Å². The molecule has 92 valence electrons. The molecule has 0 bridgehead atoms. The van der Waals surface area contributed by atoms with Crippen molar-refractivity contribution in [3.8, 4) is 6.07 Å². The summed E-state index contributed by atoms with van der Waals surface area (Å²) in [7, 11) is 0. The van der Waals surface area contributed by atoms with Crippen LogP contribution in [0.1, 0.15) is 17.1 Å². The Kier molecular flexibility index (Phi) is 2.66. The third-order valence-corrected chi connectivity index (χ3v) is 2.93. The van der Waals surface area contributed by atoms with E-state index in [1.54, 1.807) is 6.08 Å². The lowest BCUT2D eigenvalue weighted by Crippen LogP contribution is -1.84. The second-order valence-corrected chi connectivity index (χ2v) is 4.40. The summed E-state index contributed by atoms with van der Waals surface area (Å²) in [6.07, 6.45) is 3.60. The Morgan fingerprint density at radius 3 is 3.00 bits per heavy atom. The van der Waals surface area contributed by atoms with E-state index in [0.29, 0.717) is 11.4 Å². The van der Waals surface area contributed by atoms with Crippen LogP contribution in [0.4, 0.5) is 0 Å². The van der Waals surface area contributed by atoms with Gasteiger partial charge in [0.15, 0.2) is 0 Å². The third kappa shape index (κ3) is 2.14. The number of aryl methyl sites for hydroxylation is 1. The molecule has 2 N–H and O–H groups in total. The Hall–Kier alpha value is -2.80. The molecular weight excluding hydrogens is 236 g/mol. The van der Waals surface area contributed by atoms with Crippen molar-refractivity contribution in [3.63, 3.8) is 0 Å². The summed E-state index contributed by atoms with van der Waals surface area (Å²) in [5, 5.41) is 9.27. The van der Waals surface area contributed by atoms with E-state index in [1.165, 1.54) is 0 Å². The molecule has 0 saturated heterocycles. The molecule has 19 heavy (non-hydrogen) atoms. The summed E-state index contributed by atoms with van der Waals surface area (Å²) < 4.78 is 0. The Morgan fingerprint density at radius 1 is 1.37 bits per heavy atom. The number of allylic oxidation sites excluding steroid dienone is 1. The second-order valence-electron chi connectivity index (χ2n) is 4.40. The van der Waals surface area contributed by atoms with Crippen molar-refractivity contribution < 1.29 is 0 Å². The zero-order valence-corrected chi connectivity index (χ0v) is 10.4. The second kappa shape index (κ2) is 4.46. The average molecular weight is 248 g/mol. The quantitative estimate of drug-likeness (QED) is 0.683. The van der Waals surface area contributed by atoms with Crippen molar-refractivity contribution in [1.82, 2.24) is 15.0 Å². The smallest absolute Gasteiger partial charge is 0.149 e. The number of H-pyrrole nitrogens is 2. The normalized spacial score (nSPS) is 11.7. The summed E-state index contributed by atoms with van der Waals surface area (Å²) >= 11 is 0. The van der Waals surface area contributed by atoms with Gasteiger partial charge in [-0.1, -0.05) is 6.07 Å². The maximum absolute atomic E-state index is 9.27.